The molecule has 3 N–H and O–H groups in total. The summed E-state index contributed by atoms with van der Waals surface area (Å²) in [5.74, 6) is -0.545. The van der Waals surface area contributed by atoms with Crippen LogP contribution in [-0.2, 0) is 0 Å². The Morgan fingerprint density at radius 2 is 1.90 bits per heavy atom. The summed E-state index contributed by atoms with van der Waals surface area (Å²) in [5, 5.41) is 10.2. The van der Waals surface area contributed by atoms with Gasteiger partial charge in [-0.2, -0.15) is 9.97 Å². The minimum Gasteiger partial charge on any atom is -0.493 e. The molecular formula is C15H11FN4O. The number of aromatic nitrogens is 3. The minimum absolute atomic E-state index is 0.0319. The quantitative estimate of drug-likeness (QED) is 0.754. The molecule has 104 valence electrons. The van der Waals surface area contributed by atoms with Crippen LogP contribution in [0.5, 0.6) is 5.88 Å². The second-order valence-electron chi connectivity index (χ2n) is 4.43. The number of anilines is 1. The molecule has 0 radical (unpaired) electrons. The van der Waals surface area contributed by atoms with Crippen LogP contribution < -0.4 is 5.73 Å². The second kappa shape index (κ2) is 5.16. The van der Waals surface area contributed by atoms with Gasteiger partial charge in [-0.3, -0.25) is 0 Å². The predicted octanol–water partition coefficient (Wildman–Crippen LogP) is 2.62. The first kappa shape index (κ1) is 13.0. The number of hydrogen-bond acceptors (Lipinski definition) is 5. The number of nitrogen functional groups attached to an aromatic ring is 1. The van der Waals surface area contributed by atoms with E-state index in [1.807, 2.05) is 0 Å². The van der Waals surface area contributed by atoms with Gasteiger partial charge in [0.15, 0.2) is 5.65 Å². The van der Waals surface area contributed by atoms with Gasteiger partial charge in [-0.1, -0.05) is 24.3 Å². The number of pyridine rings is 1. The molecule has 0 aliphatic heterocycles. The second-order valence-corrected chi connectivity index (χ2v) is 4.43. The van der Waals surface area contributed by atoms with E-state index in [0.29, 0.717) is 11.0 Å². The van der Waals surface area contributed by atoms with Crippen molar-refractivity contribution >= 4 is 29.1 Å². The maximum absolute atomic E-state index is 13.1. The van der Waals surface area contributed by atoms with Crippen molar-refractivity contribution in [3.05, 3.63) is 53.5 Å². The summed E-state index contributed by atoms with van der Waals surface area (Å²) in [4.78, 5) is 11.7. The van der Waals surface area contributed by atoms with Gasteiger partial charge in [0.2, 0.25) is 11.8 Å². The zero-order valence-corrected chi connectivity index (χ0v) is 10.9. The number of rotatable bonds is 2. The summed E-state index contributed by atoms with van der Waals surface area (Å²) >= 11 is 0. The van der Waals surface area contributed by atoms with Crippen LogP contribution in [0.25, 0.3) is 23.2 Å². The summed E-state index contributed by atoms with van der Waals surface area (Å²) in [6, 6.07) is 7.92. The Labute approximate surface area is 119 Å². The van der Waals surface area contributed by atoms with E-state index < -0.39 is 0 Å². The van der Waals surface area contributed by atoms with Crippen LogP contribution in [-0.4, -0.2) is 20.1 Å². The molecule has 1 aromatic carbocycles. The fourth-order valence-corrected chi connectivity index (χ4v) is 1.92. The van der Waals surface area contributed by atoms with Gasteiger partial charge in [0, 0.05) is 6.20 Å². The standard InChI is InChI=1S/C15H11FN4O/c16-11-3-1-2-9(6-11)4-5-10-7-12-13(18-8-10)19-15(17)20-14(12)21/h1-8H,(H3,17,18,19,20,21). The van der Waals surface area contributed by atoms with Gasteiger partial charge in [-0.05, 0) is 29.3 Å². The molecule has 5 nitrogen and oxygen atoms in total. The third-order valence-corrected chi connectivity index (χ3v) is 2.89. The minimum atomic E-state index is -0.296. The van der Waals surface area contributed by atoms with Crippen LogP contribution in [0.3, 0.4) is 0 Å². The van der Waals surface area contributed by atoms with Crippen LogP contribution >= 0.6 is 0 Å². The summed E-state index contributed by atoms with van der Waals surface area (Å²) in [5.41, 5.74) is 7.22. The van der Waals surface area contributed by atoms with Crippen molar-refractivity contribution in [2.45, 2.75) is 0 Å². The smallest absolute Gasteiger partial charge is 0.225 e. The highest BCUT2D eigenvalue weighted by Crippen LogP contribution is 2.22. The van der Waals surface area contributed by atoms with Crippen LogP contribution in [0.15, 0.2) is 36.5 Å². The predicted molar refractivity (Wildman–Crippen MR) is 78.7 cm³/mol. The van der Waals surface area contributed by atoms with E-state index in [0.717, 1.165) is 11.1 Å². The van der Waals surface area contributed by atoms with Crippen LogP contribution in [0.2, 0.25) is 0 Å². The normalized spacial score (nSPS) is 11.3. The van der Waals surface area contributed by atoms with Crippen molar-refractivity contribution in [1.82, 2.24) is 15.0 Å². The molecule has 3 rings (SSSR count). The highest BCUT2D eigenvalue weighted by molar-refractivity contribution is 5.84. The Hall–Kier alpha value is -3.02. The highest BCUT2D eigenvalue weighted by atomic mass is 19.1. The van der Waals surface area contributed by atoms with E-state index in [4.69, 9.17) is 5.73 Å². The van der Waals surface area contributed by atoms with Gasteiger partial charge in [0.05, 0.1) is 5.39 Å². The summed E-state index contributed by atoms with van der Waals surface area (Å²) in [6.07, 6.45) is 5.10. The molecule has 21 heavy (non-hydrogen) atoms. The topological polar surface area (TPSA) is 84.9 Å². The molecule has 0 amide bonds. The number of fused-ring (bicyclic) bond motifs is 1. The third-order valence-electron chi connectivity index (χ3n) is 2.89. The van der Waals surface area contributed by atoms with Crippen molar-refractivity contribution in [1.29, 1.82) is 0 Å². The van der Waals surface area contributed by atoms with Gasteiger partial charge in [0.1, 0.15) is 5.82 Å². The number of aromatic hydroxyl groups is 1. The fourth-order valence-electron chi connectivity index (χ4n) is 1.92. The Balaban J connectivity index is 1.98. The molecule has 0 fully saturated rings. The summed E-state index contributed by atoms with van der Waals surface area (Å²) in [7, 11) is 0. The van der Waals surface area contributed by atoms with E-state index in [9.17, 15) is 9.50 Å². The molecule has 2 aromatic heterocycles. The van der Waals surface area contributed by atoms with Crippen LogP contribution in [0.4, 0.5) is 10.3 Å². The van der Waals surface area contributed by atoms with Crippen molar-refractivity contribution < 1.29 is 9.50 Å². The number of hydrogen-bond donors (Lipinski definition) is 2. The molecule has 0 bridgehead atoms. The maximum Gasteiger partial charge on any atom is 0.225 e. The number of halogens is 1. The van der Waals surface area contributed by atoms with Gasteiger partial charge in [0.25, 0.3) is 0 Å². The SMILES string of the molecule is Nc1nc(O)c2cc(C=Cc3cccc(F)c3)cnc2n1. The van der Waals surface area contributed by atoms with Crippen molar-refractivity contribution in [3.63, 3.8) is 0 Å². The molecule has 0 aliphatic rings. The Bertz CT molecular complexity index is 848. The molecule has 0 spiro atoms. The van der Waals surface area contributed by atoms with Gasteiger partial charge in [-0.15, -0.1) is 0 Å². The molecule has 3 aromatic rings. The van der Waals surface area contributed by atoms with Gasteiger partial charge in [-0.25, -0.2) is 9.37 Å². The van der Waals surface area contributed by atoms with E-state index in [1.54, 1.807) is 36.5 Å². The Kier molecular flexibility index (Phi) is 3.19. The number of benzene rings is 1. The lowest BCUT2D eigenvalue weighted by molar-refractivity contribution is 0.460. The largest absolute Gasteiger partial charge is 0.493 e. The molecule has 0 aliphatic carbocycles. The van der Waals surface area contributed by atoms with Crippen molar-refractivity contribution in [2.75, 3.05) is 5.73 Å². The fraction of sp³-hybridized carbons (Fsp3) is 0. The average Bonchev–Trinajstić information content (AvgIpc) is 2.45. The molecule has 0 unspecified atom stereocenters. The molecule has 0 atom stereocenters. The first-order valence-corrected chi connectivity index (χ1v) is 6.18. The summed E-state index contributed by atoms with van der Waals surface area (Å²) < 4.78 is 13.1. The van der Waals surface area contributed by atoms with E-state index in [2.05, 4.69) is 15.0 Å². The molecule has 2 heterocycles. The lowest BCUT2D eigenvalue weighted by atomic mass is 10.1. The number of nitrogens with zero attached hydrogens (tertiary/aromatic N) is 3. The first-order valence-electron chi connectivity index (χ1n) is 6.18. The first-order chi connectivity index (χ1) is 10.1. The Morgan fingerprint density at radius 3 is 2.71 bits per heavy atom. The van der Waals surface area contributed by atoms with Gasteiger partial charge < -0.3 is 10.8 Å². The molecule has 6 heteroatoms. The van der Waals surface area contributed by atoms with E-state index in [1.165, 1.54) is 12.1 Å². The molecule has 0 saturated carbocycles. The molecular weight excluding hydrogens is 271 g/mol. The highest BCUT2D eigenvalue weighted by Gasteiger charge is 2.06. The zero-order chi connectivity index (χ0) is 14.8. The van der Waals surface area contributed by atoms with Crippen molar-refractivity contribution in [3.8, 4) is 5.88 Å². The van der Waals surface area contributed by atoms with E-state index in [-0.39, 0.29) is 17.6 Å². The molecule has 0 saturated heterocycles. The maximum atomic E-state index is 13.1. The Morgan fingerprint density at radius 1 is 1.10 bits per heavy atom. The van der Waals surface area contributed by atoms with Crippen LogP contribution in [0.1, 0.15) is 11.1 Å². The lowest BCUT2D eigenvalue weighted by Gasteiger charge is -2.01. The van der Waals surface area contributed by atoms with E-state index >= 15 is 0 Å². The van der Waals surface area contributed by atoms with Gasteiger partial charge >= 0.3 is 0 Å². The monoisotopic (exact) mass is 282 g/mol. The third kappa shape index (κ3) is 2.79. The number of nitrogens with two attached hydrogens (primary N) is 1. The van der Waals surface area contributed by atoms with Crippen LogP contribution in [0, 0.1) is 5.82 Å². The summed E-state index contributed by atoms with van der Waals surface area (Å²) in [6.45, 7) is 0. The lowest BCUT2D eigenvalue weighted by Crippen LogP contribution is -1.96. The average molecular weight is 282 g/mol. The zero-order valence-electron chi connectivity index (χ0n) is 10.9. The van der Waals surface area contributed by atoms with Crippen molar-refractivity contribution in [2.24, 2.45) is 0 Å².